The van der Waals surface area contributed by atoms with Crippen molar-refractivity contribution < 1.29 is 9.66 Å². The fourth-order valence-corrected chi connectivity index (χ4v) is 2.14. The molecule has 1 atom stereocenters. The van der Waals surface area contributed by atoms with Gasteiger partial charge in [0, 0.05) is 0 Å². The number of anilines is 1. The molecule has 0 fully saturated rings. The Morgan fingerprint density at radius 1 is 1.33 bits per heavy atom. The summed E-state index contributed by atoms with van der Waals surface area (Å²) >= 11 is 0. The van der Waals surface area contributed by atoms with Crippen LogP contribution in [0.2, 0.25) is 0 Å². The molecule has 0 aliphatic heterocycles. The molecule has 2 aromatic rings. The van der Waals surface area contributed by atoms with Gasteiger partial charge in [-0.05, 0) is 25.0 Å². The number of rotatable bonds is 5. The third-order valence-electron chi connectivity index (χ3n) is 3.17. The Bertz CT molecular complexity index is 660. The normalized spacial score (nSPS) is 11.8. The third kappa shape index (κ3) is 3.07. The summed E-state index contributed by atoms with van der Waals surface area (Å²) in [5.74, 6) is 0.0806. The van der Waals surface area contributed by atoms with Gasteiger partial charge in [0.15, 0.2) is 0 Å². The summed E-state index contributed by atoms with van der Waals surface area (Å²) in [5.41, 5.74) is 1.88. The number of ether oxygens (including phenoxy) is 1. The number of nitro groups is 1. The fraction of sp³-hybridized carbons (Fsp3) is 0.286. The average molecular weight is 288 g/mol. The predicted octanol–water partition coefficient (Wildman–Crippen LogP) is 2.87. The van der Waals surface area contributed by atoms with Gasteiger partial charge in [0.05, 0.1) is 18.1 Å². The molecule has 1 aromatic carbocycles. The lowest BCUT2D eigenvalue weighted by atomic mass is 10.0. The van der Waals surface area contributed by atoms with Crippen LogP contribution in [0.1, 0.15) is 24.1 Å². The van der Waals surface area contributed by atoms with Crippen LogP contribution in [0.15, 0.2) is 30.6 Å². The van der Waals surface area contributed by atoms with Gasteiger partial charge in [0.1, 0.15) is 6.33 Å². The van der Waals surface area contributed by atoms with Crippen LogP contribution in [0, 0.1) is 17.0 Å². The lowest BCUT2D eigenvalue weighted by Gasteiger charge is -2.17. The quantitative estimate of drug-likeness (QED) is 0.672. The molecule has 0 aliphatic rings. The predicted molar refractivity (Wildman–Crippen MR) is 78.5 cm³/mol. The summed E-state index contributed by atoms with van der Waals surface area (Å²) in [4.78, 5) is 18.4. The van der Waals surface area contributed by atoms with E-state index in [0.717, 1.165) is 11.1 Å². The minimum atomic E-state index is -0.550. The second kappa shape index (κ2) is 6.17. The zero-order valence-electron chi connectivity index (χ0n) is 12.0. The molecular weight excluding hydrogens is 272 g/mol. The summed E-state index contributed by atoms with van der Waals surface area (Å²) < 4.78 is 4.93. The van der Waals surface area contributed by atoms with Crippen molar-refractivity contribution in [3.63, 3.8) is 0 Å². The number of benzene rings is 1. The van der Waals surface area contributed by atoms with E-state index in [-0.39, 0.29) is 23.4 Å². The van der Waals surface area contributed by atoms with Gasteiger partial charge < -0.3 is 10.1 Å². The van der Waals surface area contributed by atoms with Crippen LogP contribution in [0.4, 0.5) is 11.5 Å². The molecule has 0 amide bonds. The average Bonchev–Trinajstić information content (AvgIpc) is 2.46. The Kier molecular flexibility index (Phi) is 4.32. The lowest BCUT2D eigenvalue weighted by molar-refractivity contribution is -0.385. The van der Waals surface area contributed by atoms with Gasteiger partial charge in [0.2, 0.25) is 5.82 Å². The van der Waals surface area contributed by atoms with Crippen molar-refractivity contribution in [2.24, 2.45) is 0 Å². The molecular formula is C14H16N4O3. The van der Waals surface area contributed by atoms with Crippen molar-refractivity contribution in [2.45, 2.75) is 19.9 Å². The largest absolute Gasteiger partial charge is 0.476 e. The van der Waals surface area contributed by atoms with E-state index in [1.807, 2.05) is 38.1 Å². The van der Waals surface area contributed by atoms with Gasteiger partial charge in [-0.15, -0.1) is 0 Å². The number of hydrogen-bond donors (Lipinski definition) is 1. The summed E-state index contributed by atoms with van der Waals surface area (Å²) in [6, 6.07) is 7.70. The number of aromatic nitrogens is 2. The molecule has 7 nitrogen and oxygen atoms in total. The van der Waals surface area contributed by atoms with Gasteiger partial charge in [0.25, 0.3) is 5.88 Å². The van der Waals surface area contributed by atoms with Crippen LogP contribution in [-0.4, -0.2) is 22.0 Å². The highest BCUT2D eigenvalue weighted by Crippen LogP contribution is 2.33. The Labute approximate surface area is 122 Å². The van der Waals surface area contributed by atoms with Crippen LogP contribution in [-0.2, 0) is 0 Å². The Morgan fingerprint density at radius 3 is 2.67 bits per heavy atom. The maximum Gasteiger partial charge on any atom is 0.372 e. The molecule has 0 spiro atoms. The van der Waals surface area contributed by atoms with E-state index in [1.54, 1.807) is 0 Å². The SMILES string of the molecule is COc1ncnc(NC(C)c2ccccc2C)c1[N+](=O)[O-]. The molecule has 110 valence electrons. The number of nitrogens with zero attached hydrogens (tertiary/aromatic N) is 3. The van der Waals surface area contributed by atoms with Crippen LogP contribution >= 0.6 is 0 Å². The van der Waals surface area contributed by atoms with Gasteiger partial charge >= 0.3 is 5.69 Å². The Hall–Kier alpha value is -2.70. The highest BCUT2D eigenvalue weighted by molar-refractivity contribution is 5.62. The molecule has 1 aromatic heterocycles. The second-order valence-corrected chi connectivity index (χ2v) is 4.56. The smallest absolute Gasteiger partial charge is 0.372 e. The van der Waals surface area contributed by atoms with Gasteiger partial charge in [-0.3, -0.25) is 10.1 Å². The first kappa shape index (κ1) is 14.7. The molecule has 1 unspecified atom stereocenters. The van der Waals surface area contributed by atoms with E-state index in [4.69, 9.17) is 4.74 Å². The first-order valence-electron chi connectivity index (χ1n) is 6.40. The molecule has 0 saturated heterocycles. The molecule has 7 heteroatoms. The summed E-state index contributed by atoms with van der Waals surface area (Å²) in [6.07, 6.45) is 1.23. The molecule has 1 N–H and O–H groups in total. The first-order valence-corrected chi connectivity index (χ1v) is 6.40. The maximum absolute atomic E-state index is 11.2. The highest BCUT2D eigenvalue weighted by atomic mass is 16.6. The van der Waals surface area contributed by atoms with Crippen LogP contribution in [0.25, 0.3) is 0 Å². The van der Waals surface area contributed by atoms with Crippen LogP contribution < -0.4 is 10.1 Å². The Balaban J connectivity index is 2.36. The van der Waals surface area contributed by atoms with Crippen LogP contribution in [0.3, 0.4) is 0 Å². The van der Waals surface area contributed by atoms with Gasteiger partial charge in [-0.2, -0.15) is 4.98 Å². The number of methoxy groups -OCH3 is 1. The fourth-order valence-electron chi connectivity index (χ4n) is 2.14. The van der Waals surface area contributed by atoms with E-state index >= 15 is 0 Å². The summed E-state index contributed by atoms with van der Waals surface area (Å²) in [6.45, 7) is 3.91. The number of aryl methyl sites for hydroxylation is 1. The van der Waals surface area contributed by atoms with E-state index in [2.05, 4.69) is 15.3 Å². The third-order valence-corrected chi connectivity index (χ3v) is 3.17. The number of nitrogens with one attached hydrogen (secondary N) is 1. The van der Waals surface area contributed by atoms with E-state index in [0.29, 0.717) is 0 Å². The molecule has 2 rings (SSSR count). The van der Waals surface area contributed by atoms with Gasteiger partial charge in [-0.25, -0.2) is 4.98 Å². The van der Waals surface area contributed by atoms with Crippen molar-refractivity contribution in [1.82, 2.24) is 9.97 Å². The summed E-state index contributed by atoms with van der Waals surface area (Å²) in [7, 11) is 1.34. The standard InChI is InChI=1S/C14H16N4O3/c1-9-6-4-5-7-11(9)10(2)17-13-12(18(19)20)14(21-3)16-8-15-13/h4-8,10H,1-3H3,(H,15,16,17). The van der Waals surface area contributed by atoms with Crippen LogP contribution in [0.5, 0.6) is 5.88 Å². The minimum absolute atomic E-state index is 0.0607. The topological polar surface area (TPSA) is 90.2 Å². The second-order valence-electron chi connectivity index (χ2n) is 4.56. The molecule has 21 heavy (non-hydrogen) atoms. The Morgan fingerprint density at radius 2 is 2.05 bits per heavy atom. The molecule has 0 radical (unpaired) electrons. The molecule has 0 aliphatic carbocycles. The van der Waals surface area contributed by atoms with E-state index in [9.17, 15) is 10.1 Å². The first-order chi connectivity index (χ1) is 10.0. The number of hydrogen-bond acceptors (Lipinski definition) is 6. The maximum atomic E-state index is 11.2. The van der Waals surface area contributed by atoms with Crippen molar-refractivity contribution in [2.75, 3.05) is 12.4 Å². The van der Waals surface area contributed by atoms with E-state index in [1.165, 1.54) is 13.4 Å². The zero-order chi connectivity index (χ0) is 15.4. The minimum Gasteiger partial charge on any atom is -0.476 e. The van der Waals surface area contributed by atoms with Crippen molar-refractivity contribution in [3.05, 3.63) is 51.8 Å². The van der Waals surface area contributed by atoms with Crippen molar-refractivity contribution in [1.29, 1.82) is 0 Å². The molecule has 1 heterocycles. The van der Waals surface area contributed by atoms with Gasteiger partial charge in [-0.1, -0.05) is 24.3 Å². The molecule has 0 saturated carbocycles. The van der Waals surface area contributed by atoms with Crippen molar-refractivity contribution in [3.8, 4) is 5.88 Å². The van der Waals surface area contributed by atoms with E-state index < -0.39 is 4.92 Å². The lowest BCUT2D eigenvalue weighted by Crippen LogP contribution is -2.12. The monoisotopic (exact) mass is 288 g/mol. The zero-order valence-corrected chi connectivity index (χ0v) is 12.0. The highest BCUT2D eigenvalue weighted by Gasteiger charge is 2.25. The summed E-state index contributed by atoms with van der Waals surface area (Å²) in [5, 5.41) is 14.2. The van der Waals surface area contributed by atoms with Crippen molar-refractivity contribution >= 4 is 11.5 Å². The molecule has 0 bridgehead atoms.